The molecule has 0 aliphatic heterocycles. The van der Waals surface area contributed by atoms with Crippen molar-refractivity contribution < 1.29 is 4.79 Å². The molecule has 1 aromatic rings. The Labute approximate surface area is 81.6 Å². The van der Waals surface area contributed by atoms with Gasteiger partial charge in [0.1, 0.15) is 0 Å². The summed E-state index contributed by atoms with van der Waals surface area (Å²) >= 11 is 1.63. The second kappa shape index (κ2) is 4.68. The molecule has 1 rings (SSSR count). The number of thioether (sulfide) groups is 1. The quantitative estimate of drug-likeness (QED) is 0.544. The normalized spacial score (nSPS) is 9.23. The van der Waals surface area contributed by atoms with Crippen molar-refractivity contribution in [2.45, 2.75) is 11.3 Å². The molecule has 0 aliphatic rings. The fraction of sp³-hybridized carbons (Fsp3) is 0.200. The molecule has 2 nitrogen and oxygen atoms in total. The Kier molecular flexibility index (Phi) is 3.53. The molecule has 3 heteroatoms. The first-order chi connectivity index (χ1) is 6.27. The van der Waals surface area contributed by atoms with Crippen LogP contribution in [0.25, 0.3) is 0 Å². The first kappa shape index (κ1) is 9.82. The van der Waals surface area contributed by atoms with E-state index in [2.05, 4.69) is 0 Å². The minimum Gasteiger partial charge on any atom is -0.293 e. The van der Waals surface area contributed by atoms with E-state index in [0.717, 1.165) is 4.90 Å². The molecule has 0 spiro atoms. The van der Waals surface area contributed by atoms with E-state index in [1.165, 1.54) is 0 Å². The van der Waals surface area contributed by atoms with E-state index in [1.807, 2.05) is 24.5 Å². The van der Waals surface area contributed by atoms with Crippen LogP contribution in [-0.2, 0) is 0 Å². The molecule has 0 bridgehead atoms. The number of carbonyl (C=O) groups excluding carboxylic acids is 1. The lowest BCUT2D eigenvalue weighted by Crippen LogP contribution is -1.96. The summed E-state index contributed by atoms with van der Waals surface area (Å²) in [7, 11) is 0. The molecule has 1 aromatic carbocycles. The van der Waals surface area contributed by atoms with Crippen molar-refractivity contribution in [2.75, 3.05) is 6.26 Å². The fourth-order valence-electron chi connectivity index (χ4n) is 0.951. The molecule has 13 heavy (non-hydrogen) atoms. The average molecular weight is 191 g/mol. The van der Waals surface area contributed by atoms with Gasteiger partial charge in [0.25, 0.3) is 0 Å². The minimum absolute atomic E-state index is 0.0430. The molecule has 0 unspecified atom stereocenters. The molecular formula is C10H9NOS. The maximum atomic E-state index is 11.2. The Morgan fingerprint density at radius 3 is 2.54 bits per heavy atom. The lowest BCUT2D eigenvalue weighted by Gasteiger charge is -1.98. The van der Waals surface area contributed by atoms with E-state index in [-0.39, 0.29) is 12.2 Å². The van der Waals surface area contributed by atoms with E-state index in [9.17, 15) is 4.79 Å². The van der Waals surface area contributed by atoms with Crippen molar-refractivity contribution >= 4 is 17.5 Å². The Morgan fingerprint density at radius 2 is 2.08 bits per heavy atom. The van der Waals surface area contributed by atoms with Crippen LogP contribution in [0.1, 0.15) is 16.8 Å². The largest absolute Gasteiger partial charge is 0.293 e. The highest BCUT2D eigenvalue weighted by molar-refractivity contribution is 7.98. The van der Waals surface area contributed by atoms with Gasteiger partial charge in [0.15, 0.2) is 5.78 Å². The van der Waals surface area contributed by atoms with Gasteiger partial charge in [-0.25, -0.2) is 0 Å². The number of rotatable bonds is 3. The van der Waals surface area contributed by atoms with Crippen molar-refractivity contribution in [1.29, 1.82) is 5.26 Å². The van der Waals surface area contributed by atoms with Crippen LogP contribution < -0.4 is 0 Å². The molecule has 0 N–H and O–H groups in total. The molecular weight excluding hydrogens is 182 g/mol. The zero-order chi connectivity index (χ0) is 9.68. The number of ketones is 1. The van der Waals surface area contributed by atoms with E-state index in [4.69, 9.17) is 5.26 Å². The summed E-state index contributed by atoms with van der Waals surface area (Å²) in [4.78, 5) is 12.3. The third-order valence-corrected chi connectivity index (χ3v) is 2.40. The summed E-state index contributed by atoms with van der Waals surface area (Å²) in [6, 6.07) is 9.12. The van der Waals surface area contributed by atoms with Gasteiger partial charge in [0.2, 0.25) is 0 Å². The highest BCUT2D eigenvalue weighted by Crippen LogP contribution is 2.15. The Morgan fingerprint density at radius 1 is 1.46 bits per heavy atom. The highest BCUT2D eigenvalue weighted by Gasteiger charge is 2.03. The second-order valence-corrected chi connectivity index (χ2v) is 3.37. The molecule has 0 radical (unpaired) electrons. The van der Waals surface area contributed by atoms with Gasteiger partial charge in [-0.1, -0.05) is 12.1 Å². The zero-order valence-electron chi connectivity index (χ0n) is 7.28. The monoisotopic (exact) mass is 191 g/mol. The van der Waals surface area contributed by atoms with Gasteiger partial charge in [0.05, 0.1) is 12.5 Å². The number of benzene rings is 1. The first-order valence-electron chi connectivity index (χ1n) is 3.82. The number of carbonyl (C=O) groups is 1. The van der Waals surface area contributed by atoms with E-state index in [1.54, 1.807) is 23.9 Å². The Balaban J connectivity index is 2.81. The maximum absolute atomic E-state index is 11.2. The predicted molar refractivity (Wildman–Crippen MR) is 52.8 cm³/mol. The van der Waals surface area contributed by atoms with Crippen LogP contribution in [0.2, 0.25) is 0 Å². The van der Waals surface area contributed by atoms with Gasteiger partial charge in [-0.2, -0.15) is 5.26 Å². The topological polar surface area (TPSA) is 40.9 Å². The third-order valence-electron chi connectivity index (χ3n) is 1.65. The number of hydrogen-bond acceptors (Lipinski definition) is 3. The molecule has 0 saturated carbocycles. The van der Waals surface area contributed by atoms with Crippen molar-refractivity contribution in [1.82, 2.24) is 0 Å². The minimum atomic E-state index is -0.116. The van der Waals surface area contributed by atoms with Crippen LogP contribution in [0.3, 0.4) is 0 Å². The van der Waals surface area contributed by atoms with Gasteiger partial charge < -0.3 is 0 Å². The summed E-state index contributed by atoms with van der Waals surface area (Å²) in [6.07, 6.45) is 1.94. The molecule has 0 aromatic heterocycles. The molecule has 0 heterocycles. The summed E-state index contributed by atoms with van der Waals surface area (Å²) in [5.41, 5.74) is 0.611. The Hall–Kier alpha value is -1.27. The molecule has 0 fully saturated rings. The Bertz CT molecular complexity index is 337. The molecule has 66 valence electrons. The van der Waals surface area contributed by atoms with Crippen molar-refractivity contribution in [3.63, 3.8) is 0 Å². The van der Waals surface area contributed by atoms with Gasteiger partial charge in [-0.15, -0.1) is 11.8 Å². The van der Waals surface area contributed by atoms with Crippen LogP contribution in [0.5, 0.6) is 0 Å². The SMILES string of the molecule is CSc1ccc(C(=O)CC#N)cc1. The molecule has 0 aliphatic carbocycles. The van der Waals surface area contributed by atoms with Gasteiger partial charge >= 0.3 is 0 Å². The lowest BCUT2D eigenvalue weighted by molar-refractivity contribution is 0.0997. The third kappa shape index (κ3) is 2.60. The number of nitriles is 1. The standard InChI is InChI=1S/C10H9NOS/c1-13-9-4-2-8(3-5-9)10(12)6-7-11/h2-5H,6H2,1H3. The van der Waals surface area contributed by atoms with E-state index < -0.39 is 0 Å². The average Bonchev–Trinajstić information content (AvgIpc) is 2.18. The van der Waals surface area contributed by atoms with Crippen molar-refractivity contribution in [3.05, 3.63) is 29.8 Å². The van der Waals surface area contributed by atoms with Crippen LogP contribution in [0, 0.1) is 11.3 Å². The van der Waals surface area contributed by atoms with E-state index >= 15 is 0 Å². The highest BCUT2D eigenvalue weighted by atomic mass is 32.2. The van der Waals surface area contributed by atoms with Gasteiger partial charge in [-0.05, 0) is 18.4 Å². The maximum Gasteiger partial charge on any atom is 0.176 e. The van der Waals surface area contributed by atoms with E-state index in [0.29, 0.717) is 5.56 Å². The first-order valence-corrected chi connectivity index (χ1v) is 5.04. The van der Waals surface area contributed by atoms with Crippen LogP contribution in [0.4, 0.5) is 0 Å². The molecule has 0 saturated heterocycles. The predicted octanol–water partition coefficient (Wildman–Crippen LogP) is 2.50. The van der Waals surface area contributed by atoms with Gasteiger partial charge in [0, 0.05) is 10.5 Å². The number of hydrogen-bond donors (Lipinski definition) is 0. The molecule has 0 amide bonds. The van der Waals surface area contributed by atoms with Gasteiger partial charge in [-0.3, -0.25) is 4.79 Å². The van der Waals surface area contributed by atoms with Crippen LogP contribution in [-0.4, -0.2) is 12.0 Å². The summed E-state index contributed by atoms with van der Waals surface area (Å²) in [6.45, 7) is 0. The summed E-state index contributed by atoms with van der Waals surface area (Å²) < 4.78 is 0. The van der Waals surface area contributed by atoms with Crippen molar-refractivity contribution in [3.8, 4) is 6.07 Å². The molecule has 0 atom stereocenters. The smallest absolute Gasteiger partial charge is 0.176 e. The van der Waals surface area contributed by atoms with Crippen LogP contribution in [0.15, 0.2) is 29.2 Å². The number of nitrogens with zero attached hydrogens (tertiary/aromatic N) is 1. The van der Waals surface area contributed by atoms with Crippen molar-refractivity contribution in [2.24, 2.45) is 0 Å². The zero-order valence-corrected chi connectivity index (χ0v) is 8.10. The summed E-state index contributed by atoms with van der Waals surface area (Å²) in [5, 5.41) is 8.32. The van der Waals surface area contributed by atoms with Crippen LogP contribution >= 0.6 is 11.8 Å². The fourth-order valence-corrected chi connectivity index (χ4v) is 1.36. The lowest BCUT2D eigenvalue weighted by atomic mass is 10.1. The second-order valence-electron chi connectivity index (χ2n) is 2.49. The summed E-state index contributed by atoms with van der Waals surface area (Å²) in [5.74, 6) is -0.116. The number of Topliss-reactive ketones (excluding diaryl/α,β-unsaturated/α-hetero) is 1.